The summed E-state index contributed by atoms with van der Waals surface area (Å²) in [5, 5.41) is 7.50. The molecule has 122 valence electrons. The number of ether oxygens (including phenoxy) is 1. The van der Waals surface area contributed by atoms with E-state index < -0.39 is 0 Å². The van der Waals surface area contributed by atoms with Gasteiger partial charge in [0.2, 0.25) is 0 Å². The predicted octanol–water partition coefficient (Wildman–Crippen LogP) is 3.13. The van der Waals surface area contributed by atoms with E-state index in [1.165, 1.54) is 24.8 Å². The lowest BCUT2D eigenvalue weighted by molar-refractivity contribution is 0.0198. The van der Waals surface area contributed by atoms with Gasteiger partial charge in [0.15, 0.2) is 5.82 Å². The molecule has 0 unspecified atom stereocenters. The fourth-order valence-electron chi connectivity index (χ4n) is 3.35. The monoisotopic (exact) mass is 312 g/mol. The first kappa shape index (κ1) is 14.8. The van der Waals surface area contributed by atoms with E-state index >= 15 is 0 Å². The normalized spacial score (nSPS) is 21.1. The zero-order valence-electron chi connectivity index (χ0n) is 13.7. The summed E-state index contributed by atoms with van der Waals surface area (Å²) in [4.78, 5) is 7.15. The van der Waals surface area contributed by atoms with Crippen molar-refractivity contribution < 1.29 is 4.74 Å². The fourth-order valence-corrected chi connectivity index (χ4v) is 3.35. The van der Waals surface area contributed by atoms with Gasteiger partial charge in [-0.2, -0.15) is 5.10 Å². The molecule has 2 aliphatic rings. The van der Waals surface area contributed by atoms with Gasteiger partial charge in [0.1, 0.15) is 5.82 Å². The SMILES string of the molecule is C[C@@H](c1ccc(-c2n[nH]c(C3CCC3)n2)cc1)N1CCOCC1. The lowest BCUT2D eigenvalue weighted by Gasteiger charge is -2.32. The number of nitrogens with one attached hydrogen (secondary N) is 1. The van der Waals surface area contributed by atoms with Crippen molar-refractivity contribution in [3.8, 4) is 11.4 Å². The van der Waals surface area contributed by atoms with Crippen LogP contribution in [0.15, 0.2) is 24.3 Å². The van der Waals surface area contributed by atoms with Crippen LogP contribution in [0.2, 0.25) is 0 Å². The minimum absolute atomic E-state index is 0.422. The topological polar surface area (TPSA) is 54.0 Å². The Balaban J connectivity index is 1.47. The van der Waals surface area contributed by atoms with E-state index in [9.17, 15) is 0 Å². The van der Waals surface area contributed by atoms with Gasteiger partial charge in [-0.25, -0.2) is 4.98 Å². The van der Waals surface area contributed by atoms with Gasteiger partial charge in [-0.05, 0) is 25.3 Å². The Bertz CT molecular complexity index is 641. The number of morpholine rings is 1. The van der Waals surface area contributed by atoms with E-state index in [1.54, 1.807) is 0 Å². The molecule has 23 heavy (non-hydrogen) atoms. The van der Waals surface area contributed by atoms with E-state index in [0.29, 0.717) is 12.0 Å². The zero-order chi connectivity index (χ0) is 15.6. The predicted molar refractivity (Wildman–Crippen MR) is 89.2 cm³/mol. The molecule has 1 saturated carbocycles. The molecule has 0 amide bonds. The third-order valence-corrected chi connectivity index (χ3v) is 5.24. The Morgan fingerprint density at radius 2 is 1.91 bits per heavy atom. The van der Waals surface area contributed by atoms with Crippen LogP contribution >= 0.6 is 0 Å². The maximum absolute atomic E-state index is 5.44. The number of nitrogens with zero attached hydrogens (tertiary/aromatic N) is 3. The fraction of sp³-hybridized carbons (Fsp3) is 0.556. The summed E-state index contributed by atoms with van der Waals surface area (Å²) in [6.45, 7) is 5.96. The molecule has 1 aromatic carbocycles. The molecule has 1 N–H and O–H groups in total. The van der Waals surface area contributed by atoms with Gasteiger partial charge in [0, 0.05) is 30.6 Å². The van der Waals surface area contributed by atoms with Crippen molar-refractivity contribution in [2.45, 2.75) is 38.1 Å². The summed E-state index contributed by atoms with van der Waals surface area (Å²) in [6.07, 6.45) is 3.80. The molecule has 2 heterocycles. The standard InChI is InChI=1S/C18H24N4O/c1-13(22-9-11-23-12-10-22)14-5-7-16(8-6-14)18-19-17(20-21-18)15-3-2-4-15/h5-8,13,15H,2-4,9-12H2,1H3,(H,19,20,21)/t13-/m0/s1. The van der Waals surface area contributed by atoms with Gasteiger partial charge < -0.3 is 4.74 Å². The lowest BCUT2D eigenvalue weighted by Crippen LogP contribution is -2.37. The van der Waals surface area contributed by atoms with Crippen LogP contribution in [0.1, 0.15) is 49.5 Å². The van der Waals surface area contributed by atoms with Crippen molar-refractivity contribution >= 4 is 0 Å². The Morgan fingerprint density at radius 1 is 1.17 bits per heavy atom. The Kier molecular flexibility index (Phi) is 4.14. The molecule has 2 aromatic rings. The number of H-pyrrole nitrogens is 1. The zero-order valence-corrected chi connectivity index (χ0v) is 13.7. The first-order valence-electron chi connectivity index (χ1n) is 8.65. The summed E-state index contributed by atoms with van der Waals surface area (Å²) in [7, 11) is 0. The van der Waals surface area contributed by atoms with Gasteiger partial charge in [0.25, 0.3) is 0 Å². The number of hydrogen-bond acceptors (Lipinski definition) is 4. The van der Waals surface area contributed by atoms with Crippen LogP contribution in [-0.2, 0) is 4.74 Å². The first-order chi connectivity index (χ1) is 11.3. The van der Waals surface area contributed by atoms with Crippen molar-refractivity contribution in [2.24, 2.45) is 0 Å². The molecule has 1 aliphatic heterocycles. The minimum atomic E-state index is 0.422. The van der Waals surface area contributed by atoms with Crippen molar-refractivity contribution in [2.75, 3.05) is 26.3 Å². The smallest absolute Gasteiger partial charge is 0.181 e. The number of hydrogen-bond donors (Lipinski definition) is 1. The summed E-state index contributed by atoms with van der Waals surface area (Å²) >= 11 is 0. The van der Waals surface area contributed by atoms with Crippen LogP contribution in [0.4, 0.5) is 0 Å². The van der Waals surface area contributed by atoms with Crippen molar-refractivity contribution in [3.05, 3.63) is 35.7 Å². The van der Waals surface area contributed by atoms with Gasteiger partial charge >= 0.3 is 0 Å². The lowest BCUT2D eigenvalue weighted by atomic mass is 9.85. The Labute approximate surface area is 137 Å². The van der Waals surface area contributed by atoms with Crippen molar-refractivity contribution in [1.82, 2.24) is 20.1 Å². The van der Waals surface area contributed by atoms with E-state index in [-0.39, 0.29) is 0 Å². The maximum Gasteiger partial charge on any atom is 0.181 e. The summed E-state index contributed by atoms with van der Waals surface area (Å²) in [5.74, 6) is 2.46. The second-order valence-electron chi connectivity index (χ2n) is 6.62. The molecular weight excluding hydrogens is 288 g/mol. The third-order valence-electron chi connectivity index (χ3n) is 5.24. The van der Waals surface area contributed by atoms with E-state index in [2.05, 4.69) is 51.3 Å². The largest absolute Gasteiger partial charge is 0.379 e. The highest BCUT2D eigenvalue weighted by Crippen LogP contribution is 2.35. The molecule has 1 aliphatic carbocycles. The number of aromatic nitrogens is 3. The second kappa shape index (κ2) is 6.42. The summed E-state index contributed by atoms with van der Waals surface area (Å²) in [5.41, 5.74) is 2.43. The van der Waals surface area contributed by atoms with Gasteiger partial charge in [0.05, 0.1) is 13.2 Å². The number of aromatic amines is 1. The highest BCUT2D eigenvalue weighted by atomic mass is 16.5. The molecule has 4 rings (SSSR count). The van der Waals surface area contributed by atoms with Crippen molar-refractivity contribution in [1.29, 1.82) is 0 Å². The van der Waals surface area contributed by atoms with Crippen LogP contribution in [0.3, 0.4) is 0 Å². The molecule has 0 bridgehead atoms. The minimum Gasteiger partial charge on any atom is -0.379 e. The average Bonchev–Trinajstić information content (AvgIpc) is 3.03. The molecule has 2 fully saturated rings. The summed E-state index contributed by atoms with van der Waals surface area (Å²) < 4.78 is 5.44. The number of benzene rings is 1. The quantitative estimate of drug-likeness (QED) is 0.942. The molecule has 5 heteroatoms. The van der Waals surface area contributed by atoms with Crippen molar-refractivity contribution in [3.63, 3.8) is 0 Å². The maximum atomic E-state index is 5.44. The van der Waals surface area contributed by atoms with Gasteiger partial charge in [-0.3, -0.25) is 10.00 Å². The van der Waals surface area contributed by atoms with Crippen LogP contribution < -0.4 is 0 Å². The molecule has 1 aromatic heterocycles. The van der Waals surface area contributed by atoms with Crippen LogP contribution in [0.25, 0.3) is 11.4 Å². The second-order valence-corrected chi connectivity index (χ2v) is 6.62. The molecule has 5 nitrogen and oxygen atoms in total. The average molecular weight is 312 g/mol. The molecular formula is C18H24N4O. The van der Waals surface area contributed by atoms with E-state index in [0.717, 1.165) is 43.5 Å². The summed E-state index contributed by atoms with van der Waals surface area (Å²) in [6, 6.07) is 9.11. The first-order valence-corrected chi connectivity index (χ1v) is 8.65. The van der Waals surface area contributed by atoms with Crippen LogP contribution in [-0.4, -0.2) is 46.4 Å². The van der Waals surface area contributed by atoms with E-state index in [4.69, 9.17) is 4.74 Å². The Hall–Kier alpha value is -1.72. The molecule has 1 atom stereocenters. The molecule has 0 spiro atoms. The third kappa shape index (κ3) is 3.03. The van der Waals surface area contributed by atoms with Crippen LogP contribution in [0.5, 0.6) is 0 Å². The highest BCUT2D eigenvalue weighted by molar-refractivity contribution is 5.55. The van der Waals surface area contributed by atoms with Gasteiger partial charge in [-0.15, -0.1) is 0 Å². The van der Waals surface area contributed by atoms with E-state index in [1.807, 2.05) is 0 Å². The van der Waals surface area contributed by atoms with Gasteiger partial charge in [-0.1, -0.05) is 30.7 Å². The Morgan fingerprint density at radius 3 is 2.57 bits per heavy atom. The van der Waals surface area contributed by atoms with Crippen LogP contribution in [0, 0.1) is 0 Å². The number of rotatable bonds is 4. The molecule has 0 radical (unpaired) electrons. The highest BCUT2D eigenvalue weighted by Gasteiger charge is 2.23. The molecule has 1 saturated heterocycles.